The topological polar surface area (TPSA) is 95.8 Å². The van der Waals surface area contributed by atoms with Crippen molar-refractivity contribution in [1.29, 1.82) is 0 Å². The minimum atomic E-state index is -4.66. The molecule has 0 radical (unpaired) electrons. The molecule has 26 heavy (non-hydrogen) atoms. The Morgan fingerprint density at radius 1 is 1.31 bits per heavy atom. The van der Waals surface area contributed by atoms with E-state index in [4.69, 9.17) is 0 Å². The van der Waals surface area contributed by atoms with Crippen LogP contribution in [-0.4, -0.2) is 27.6 Å². The zero-order valence-electron chi connectivity index (χ0n) is 13.1. The third-order valence-electron chi connectivity index (χ3n) is 3.91. The number of amides is 1. The second-order valence-electron chi connectivity index (χ2n) is 5.61. The summed E-state index contributed by atoms with van der Waals surface area (Å²) in [5, 5.41) is 12.7. The maximum Gasteiger partial charge on any atom is 0.468 e. The van der Waals surface area contributed by atoms with Gasteiger partial charge in [-0.25, -0.2) is 4.98 Å². The second-order valence-corrected chi connectivity index (χ2v) is 5.61. The Morgan fingerprint density at radius 3 is 2.88 bits per heavy atom. The average Bonchev–Trinajstić information content (AvgIpc) is 3.18. The zero-order valence-corrected chi connectivity index (χ0v) is 13.9. The SMILES string of the molecule is Cl.O=C(Nc1ccc2oc(C(F)(F)F)nc2c1)c1n[nH]c2c1CNCC2. The van der Waals surface area contributed by atoms with Crippen LogP contribution in [0, 0.1) is 0 Å². The molecular weight excluding hydrogens is 375 g/mol. The molecule has 2 aromatic heterocycles. The normalized spacial score (nSPS) is 14.0. The number of alkyl halides is 3. The molecule has 1 aliphatic heterocycles. The maximum absolute atomic E-state index is 12.6. The third-order valence-corrected chi connectivity index (χ3v) is 3.91. The Hall–Kier alpha value is -2.59. The van der Waals surface area contributed by atoms with Crippen LogP contribution in [0.5, 0.6) is 0 Å². The number of hydrogen-bond acceptors (Lipinski definition) is 5. The summed E-state index contributed by atoms with van der Waals surface area (Å²) in [4.78, 5) is 15.8. The molecule has 0 saturated carbocycles. The van der Waals surface area contributed by atoms with Crippen molar-refractivity contribution < 1.29 is 22.4 Å². The summed E-state index contributed by atoms with van der Waals surface area (Å²) in [7, 11) is 0. The molecule has 0 saturated heterocycles. The number of benzene rings is 1. The minimum absolute atomic E-state index is 0. The lowest BCUT2D eigenvalue weighted by Crippen LogP contribution is -2.25. The molecule has 138 valence electrons. The maximum atomic E-state index is 12.6. The quantitative estimate of drug-likeness (QED) is 0.628. The van der Waals surface area contributed by atoms with E-state index >= 15 is 0 Å². The summed E-state index contributed by atoms with van der Waals surface area (Å²) in [6.07, 6.45) is -3.91. The molecule has 11 heteroatoms. The van der Waals surface area contributed by atoms with Gasteiger partial charge in [0, 0.05) is 36.5 Å². The van der Waals surface area contributed by atoms with Crippen molar-refractivity contribution >= 4 is 35.1 Å². The van der Waals surface area contributed by atoms with Crippen LogP contribution in [0.2, 0.25) is 0 Å². The molecule has 1 aromatic carbocycles. The van der Waals surface area contributed by atoms with Crippen LogP contribution in [0.25, 0.3) is 11.1 Å². The molecule has 0 fully saturated rings. The largest absolute Gasteiger partial charge is 0.468 e. The highest BCUT2D eigenvalue weighted by molar-refractivity contribution is 6.04. The molecule has 7 nitrogen and oxygen atoms in total. The van der Waals surface area contributed by atoms with Crippen molar-refractivity contribution in [2.45, 2.75) is 19.1 Å². The van der Waals surface area contributed by atoms with Crippen molar-refractivity contribution in [3.63, 3.8) is 0 Å². The van der Waals surface area contributed by atoms with Crippen LogP contribution in [-0.2, 0) is 19.1 Å². The molecule has 3 N–H and O–H groups in total. The number of carbonyl (C=O) groups is 1. The molecule has 3 aromatic rings. The van der Waals surface area contributed by atoms with Gasteiger partial charge < -0.3 is 15.1 Å². The Labute approximate surface area is 150 Å². The average molecular weight is 388 g/mol. The lowest BCUT2D eigenvalue weighted by molar-refractivity contribution is -0.156. The van der Waals surface area contributed by atoms with E-state index in [-0.39, 0.29) is 29.2 Å². The highest BCUT2D eigenvalue weighted by Gasteiger charge is 2.37. The number of oxazole rings is 1. The number of fused-ring (bicyclic) bond motifs is 2. The van der Waals surface area contributed by atoms with E-state index in [0.29, 0.717) is 12.2 Å². The van der Waals surface area contributed by atoms with E-state index in [2.05, 4.69) is 30.2 Å². The van der Waals surface area contributed by atoms with Crippen LogP contribution in [0.1, 0.15) is 27.6 Å². The number of anilines is 1. The van der Waals surface area contributed by atoms with Crippen LogP contribution in [0.15, 0.2) is 22.6 Å². The van der Waals surface area contributed by atoms with E-state index in [0.717, 1.165) is 24.2 Å². The molecule has 1 amide bonds. The summed E-state index contributed by atoms with van der Waals surface area (Å²) in [5.41, 5.74) is 2.28. The first-order valence-electron chi connectivity index (χ1n) is 7.48. The lowest BCUT2D eigenvalue weighted by Gasteiger charge is -2.12. The minimum Gasteiger partial charge on any atom is -0.433 e. The van der Waals surface area contributed by atoms with Crippen LogP contribution < -0.4 is 10.6 Å². The van der Waals surface area contributed by atoms with Crippen LogP contribution in [0.3, 0.4) is 0 Å². The van der Waals surface area contributed by atoms with Crippen molar-refractivity contribution in [2.24, 2.45) is 0 Å². The molecule has 0 aliphatic carbocycles. The van der Waals surface area contributed by atoms with Gasteiger partial charge in [0.15, 0.2) is 11.3 Å². The van der Waals surface area contributed by atoms with E-state index in [1.54, 1.807) is 0 Å². The molecule has 0 spiro atoms. The highest BCUT2D eigenvalue weighted by atomic mass is 35.5. The third kappa shape index (κ3) is 3.25. The van der Waals surface area contributed by atoms with Crippen LogP contribution >= 0.6 is 12.4 Å². The number of rotatable bonds is 2. The van der Waals surface area contributed by atoms with Gasteiger partial charge in [-0.15, -0.1) is 12.4 Å². The van der Waals surface area contributed by atoms with E-state index < -0.39 is 18.0 Å². The van der Waals surface area contributed by atoms with Gasteiger partial charge in [0.1, 0.15) is 5.52 Å². The van der Waals surface area contributed by atoms with Gasteiger partial charge in [-0.05, 0) is 18.2 Å². The first-order valence-corrected chi connectivity index (χ1v) is 7.48. The second kappa shape index (κ2) is 6.61. The molecule has 0 unspecified atom stereocenters. The Balaban J connectivity index is 0.00000196. The fourth-order valence-electron chi connectivity index (χ4n) is 2.73. The number of nitrogens with zero attached hydrogens (tertiary/aromatic N) is 2. The molecule has 4 rings (SSSR count). The lowest BCUT2D eigenvalue weighted by atomic mass is 10.1. The number of hydrogen-bond donors (Lipinski definition) is 3. The van der Waals surface area contributed by atoms with Crippen molar-refractivity contribution in [3.05, 3.63) is 41.0 Å². The number of aromatic amines is 1. The number of nitrogens with one attached hydrogen (secondary N) is 3. The Kier molecular flexibility index (Phi) is 4.63. The van der Waals surface area contributed by atoms with Gasteiger partial charge in [-0.3, -0.25) is 9.89 Å². The monoisotopic (exact) mass is 387 g/mol. The van der Waals surface area contributed by atoms with Crippen molar-refractivity contribution in [2.75, 3.05) is 11.9 Å². The molecular formula is C15H13ClF3N5O2. The number of aromatic nitrogens is 3. The zero-order chi connectivity index (χ0) is 17.6. The van der Waals surface area contributed by atoms with Crippen LogP contribution in [0.4, 0.5) is 18.9 Å². The van der Waals surface area contributed by atoms with Gasteiger partial charge in [0.05, 0.1) is 0 Å². The molecule has 0 atom stereocenters. The van der Waals surface area contributed by atoms with Gasteiger partial charge >= 0.3 is 12.1 Å². The fourth-order valence-corrected chi connectivity index (χ4v) is 2.73. The van der Waals surface area contributed by atoms with Gasteiger partial charge in [-0.2, -0.15) is 18.3 Å². The summed E-state index contributed by atoms with van der Waals surface area (Å²) in [5.74, 6) is -1.77. The fraction of sp³-hybridized carbons (Fsp3) is 0.267. The summed E-state index contributed by atoms with van der Waals surface area (Å²) in [6, 6.07) is 4.10. The van der Waals surface area contributed by atoms with Gasteiger partial charge in [-0.1, -0.05) is 0 Å². The van der Waals surface area contributed by atoms with Gasteiger partial charge in [0.2, 0.25) is 0 Å². The molecule has 1 aliphatic rings. The van der Waals surface area contributed by atoms with E-state index in [1.165, 1.54) is 18.2 Å². The molecule has 3 heterocycles. The van der Waals surface area contributed by atoms with Crippen molar-refractivity contribution in [1.82, 2.24) is 20.5 Å². The van der Waals surface area contributed by atoms with Crippen molar-refractivity contribution in [3.8, 4) is 0 Å². The number of carbonyl (C=O) groups excluding carboxylic acids is 1. The van der Waals surface area contributed by atoms with Gasteiger partial charge in [0.25, 0.3) is 5.91 Å². The van der Waals surface area contributed by atoms with E-state index in [9.17, 15) is 18.0 Å². The predicted octanol–water partition coefficient (Wildman–Crippen LogP) is 2.89. The number of H-pyrrole nitrogens is 1. The highest BCUT2D eigenvalue weighted by Crippen LogP contribution is 2.32. The molecule has 0 bridgehead atoms. The standard InChI is InChI=1S/C15H12F3N5O2.ClH/c16-15(17,18)14-21-10-5-7(1-2-11(10)25-14)20-13(24)12-8-6-19-4-3-9(8)22-23-12;/h1-2,5,19H,3-4,6H2,(H,20,24)(H,22,23);1H. The van der Waals surface area contributed by atoms with E-state index in [1.807, 2.05) is 0 Å². The predicted molar refractivity (Wildman–Crippen MR) is 88.2 cm³/mol. The summed E-state index contributed by atoms with van der Waals surface area (Å²) >= 11 is 0. The summed E-state index contributed by atoms with van der Waals surface area (Å²) in [6.45, 7) is 1.34. The first kappa shape index (κ1) is 18.2. The summed E-state index contributed by atoms with van der Waals surface area (Å²) < 4.78 is 42.6. The Bertz CT molecular complexity index is 966. The smallest absolute Gasteiger partial charge is 0.433 e. The Morgan fingerprint density at radius 2 is 2.12 bits per heavy atom. The number of halogens is 4. The first-order chi connectivity index (χ1) is 11.9.